The standard InChI is InChI=1S/C17H21N3O2/c1-22-11-5-10-18-17(21)15-12-16(13-8-9-13)20(19-15)14-6-3-2-4-7-14/h2-4,6-7,12-13H,5,8-11H2,1H3,(H,18,21). The fourth-order valence-corrected chi connectivity index (χ4v) is 2.46. The first-order chi connectivity index (χ1) is 10.8. The van der Waals surface area contributed by atoms with Crippen LogP contribution in [0.1, 0.15) is 41.4 Å². The lowest BCUT2D eigenvalue weighted by molar-refractivity contribution is 0.0943. The Balaban J connectivity index is 1.77. The van der Waals surface area contributed by atoms with Crippen LogP contribution in [0.5, 0.6) is 0 Å². The van der Waals surface area contributed by atoms with Gasteiger partial charge < -0.3 is 10.1 Å². The molecule has 0 saturated heterocycles. The molecule has 0 aliphatic heterocycles. The van der Waals surface area contributed by atoms with E-state index in [1.54, 1.807) is 7.11 Å². The minimum absolute atomic E-state index is 0.118. The molecule has 5 nitrogen and oxygen atoms in total. The normalized spacial score (nSPS) is 14.0. The molecule has 3 rings (SSSR count). The second-order valence-corrected chi connectivity index (χ2v) is 5.58. The topological polar surface area (TPSA) is 56.1 Å². The summed E-state index contributed by atoms with van der Waals surface area (Å²) in [7, 11) is 1.66. The van der Waals surface area contributed by atoms with Gasteiger partial charge in [0.15, 0.2) is 5.69 Å². The number of nitrogens with zero attached hydrogens (tertiary/aromatic N) is 2. The maximum atomic E-state index is 12.2. The zero-order valence-electron chi connectivity index (χ0n) is 12.8. The molecule has 116 valence electrons. The Morgan fingerprint density at radius 2 is 2.14 bits per heavy atom. The van der Waals surface area contributed by atoms with Crippen LogP contribution in [-0.4, -0.2) is 35.9 Å². The van der Waals surface area contributed by atoms with E-state index in [0.717, 1.165) is 17.8 Å². The van der Waals surface area contributed by atoms with Gasteiger partial charge in [0.1, 0.15) is 0 Å². The zero-order chi connectivity index (χ0) is 15.4. The van der Waals surface area contributed by atoms with E-state index in [0.29, 0.717) is 24.8 Å². The van der Waals surface area contributed by atoms with Crippen molar-refractivity contribution in [2.24, 2.45) is 0 Å². The van der Waals surface area contributed by atoms with Gasteiger partial charge in [-0.3, -0.25) is 4.79 Å². The number of ether oxygens (including phenoxy) is 1. The van der Waals surface area contributed by atoms with Crippen molar-refractivity contribution in [3.05, 3.63) is 47.8 Å². The highest BCUT2D eigenvalue weighted by molar-refractivity contribution is 5.92. The average molecular weight is 299 g/mol. The van der Waals surface area contributed by atoms with Crippen LogP contribution in [0.2, 0.25) is 0 Å². The molecular formula is C17H21N3O2. The smallest absolute Gasteiger partial charge is 0.271 e. The third-order valence-electron chi connectivity index (χ3n) is 3.78. The highest BCUT2D eigenvalue weighted by atomic mass is 16.5. The Bertz CT molecular complexity index is 633. The Morgan fingerprint density at radius 1 is 1.36 bits per heavy atom. The molecule has 0 spiro atoms. The van der Waals surface area contributed by atoms with Gasteiger partial charge in [-0.1, -0.05) is 18.2 Å². The Hall–Kier alpha value is -2.14. The van der Waals surface area contributed by atoms with E-state index in [1.807, 2.05) is 41.1 Å². The number of rotatable bonds is 7. The first-order valence-electron chi connectivity index (χ1n) is 7.72. The third-order valence-corrected chi connectivity index (χ3v) is 3.78. The summed E-state index contributed by atoms with van der Waals surface area (Å²) in [5.74, 6) is 0.412. The maximum Gasteiger partial charge on any atom is 0.271 e. The molecule has 1 heterocycles. The molecule has 0 bridgehead atoms. The first-order valence-corrected chi connectivity index (χ1v) is 7.72. The molecule has 0 radical (unpaired) electrons. The summed E-state index contributed by atoms with van der Waals surface area (Å²) < 4.78 is 6.88. The monoisotopic (exact) mass is 299 g/mol. The second-order valence-electron chi connectivity index (χ2n) is 5.58. The van der Waals surface area contributed by atoms with Crippen molar-refractivity contribution in [3.8, 4) is 5.69 Å². The molecule has 1 aromatic carbocycles. The number of benzene rings is 1. The fourth-order valence-electron chi connectivity index (χ4n) is 2.46. The summed E-state index contributed by atoms with van der Waals surface area (Å²) in [6.45, 7) is 1.25. The number of nitrogens with one attached hydrogen (secondary N) is 1. The van der Waals surface area contributed by atoms with E-state index in [-0.39, 0.29) is 5.91 Å². The molecule has 1 N–H and O–H groups in total. The van der Waals surface area contributed by atoms with Gasteiger partial charge in [-0.05, 0) is 37.5 Å². The van der Waals surface area contributed by atoms with E-state index < -0.39 is 0 Å². The van der Waals surface area contributed by atoms with Gasteiger partial charge in [0.2, 0.25) is 0 Å². The lowest BCUT2D eigenvalue weighted by Gasteiger charge is -2.05. The van der Waals surface area contributed by atoms with Gasteiger partial charge in [-0.25, -0.2) is 4.68 Å². The van der Waals surface area contributed by atoms with Crippen LogP contribution < -0.4 is 5.32 Å². The molecule has 1 saturated carbocycles. The number of carbonyl (C=O) groups excluding carboxylic acids is 1. The van der Waals surface area contributed by atoms with Gasteiger partial charge in [0, 0.05) is 31.9 Å². The molecule has 22 heavy (non-hydrogen) atoms. The van der Waals surface area contributed by atoms with Gasteiger partial charge in [-0.2, -0.15) is 5.10 Å². The van der Waals surface area contributed by atoms with Crippen LogP contribution in [0, 0.1) is 0 Å². The summed E-state index contributed by atoms with van der Waals surface area (Å²) in [5.41, 5.74) is 2.62. The van der Waals surface area contributed by atoms with Crippen molar-refractivity contribution in [2.75, 3.05) is 20.3 Å². The van der Waals surface area contributed by atoms with Crippen LogP contribution in [0.15, 0.2) is 36.4 Å². The number of hydrogen-bond donors (Lipinski definition) is 1. The Kier molecular flexibility index (Phi) is 4.53. The lowest BCUT2D eigenvalue weighted by Crippen LogP contribution is -2.25. The molecule has 1 aliphatic rings. The zero-order valence-corrected chi connectivity index (χ0v) is 12.8. The van der Waals surface area contributed by atoms with Crippen LogP contribution >= 0.6 is 0 Å². The third kappa shape index (κ3) is 3.36. The number of methoxy groups -OCH3 is 1. The average Bonchev–Trinajstić information content (AvgIpc) is 3.30. The van der Waals surface area contributed by atoms with Gasteiger partial charge in [0.25, 0.3) is 5.91 Å². The van der Waals surface area contributed by atoms with Crippen LogP contribution in [-0.2, 0) is 4.74 Å². The fraction of sp³-hybridized carbons (Fsp3) is 0.412. The van der Waals surface area contributed by atoms with Crippen molar-refractivity contribution in [3.63, 3.8) is 0 Å². The van der Waals surface area contributed by atoms with Crippen LogP contribution in [0.25, 0.3) is 5.69 Å². The predicted molar refractivity (Wildman–Crippen MR) is 84.4 cm³/mol. The SMILES string of the molecule is COCCCNC(=O)c1cc(C2CC2)n(-c2ccccc2)n1. The number of amides is 1. The van der Waals surface area contributed by atoms with E-state index in [2.05, 4.69) is 10.4 Å². The molecule has 0 atom stereocenters. The largest absolute Gasteiger partial charge is 0.385 e. The Morgan fingerprint density at radius 3 is 2.82 bits per heavy atom. The van der Waals surface area contributed by atoms with Crippen LogP contribution in [0.3, 0.4) is 0 Å². The second kappa shape index (κ2) is 6.75. The van der Waals surface area contributed by atoms with E-state index in [1.165, 1.54) is 12.8 Å². The minimum Gasteiger partial charge on any atom is -0.385 e. The van der Waals surface area contributed by atoms with Crippen molar-refractivity contribution in [2.45, 2.75) is 25.2 Å². The highest BCUT2D eigenvalue weighted by Crippen LogP contribution is 2.41. The molecule has 1 aliphatic carbocycles. The number of para-hydroxylation sites is 1. The predicted octanol–water partition coefficient (Wildman–Crippen LogP) is 2.52. The molecule has 1 fully saturated rings. The minimum atomic E-state index is -0.118. The highest BCUT2D eigenvalue weighted by Gasteiger charge is 2.29. The Labute approximate surface area is 130 Å². The number of hydrogen-bond acceptors (Lipinski definition) is 3. The molecule has 0 unspecified atom stereocenters. The van der Waals surface area contributed by atoms with Crippen molar-refractivity contribution < 1.29 is 9.53 Å². The molecule has 2 aromatic rings. The van der Waals surface area contributed by atoms with Gasteiger partial charge in [0.05, 0.1) is 5.69 Å². The summed E-state index contributed by atoms with van der Waals surface area (Å²) >= 11 is 0. The van der Waals surface area contributed by atoms with Crippen LogP contribution in [0.4, 0.5) is 0 Å². The molecule has 1 aromatic heterocycles. The van der Waals surface area contributed by atoms with Crippen molar-refractivity contribution in [1.82, 2.24) is 15.1 Å². The lowest BCUT2D eigenvalue weighted by atomic mass is 10.2. The number of aromatic nitrogens is 2. The molecule has 1 amide bonds. The number of carbonyl (C=O) groups is 1. The summed E-state index contributed by atoms with van der Waals surface area (Å²) in [6, 6.07) is 11.9. The van der Waals surface area contributed by atoms with Gasteiger partial charge in [-0.15, -0.1) is 0 Å². The van der Waals surface area contributed by atoms with Crippen molar-refractivity contribution >= 4 is 5.91 Å². The van der Waals surface area contributed by atoms with Crippen molar-refractivity contribution in [1.29, 1.82) is 0 Å². The van der Waals surface area contributed by atoms with E-state index in [9.17, 15) is 4.79 Å². The quantitative estimate of drug-likeness (QED) is 0.799. The summed E-state index contributed by atoms with van der Waals surface area (Å²) in [5, 5.41) is 7.40. The summed E-state index contributed by atoms with van der Waals surface area (Å²) in [4.78, 5) is 12.2. The van der Waals surface area contributed by atoms with E-state index >= 15 is 0 Å². The summed E-state index contributed by atoms with van der Waals surface area (Å²) in [6.07, 6.45) is 3.15. The first kappa shape index (κ1) is 14.8. The molecular weight excluding hydrogens is 278 g/mol. The van der Waals surface area contributed by atoms with Gasteiger partial charge >= 0.3 is 0 Å². The maximum absolute atomic E-state index is 12.2. The molecule has 5 heteroatoms. The van der Waals surface area contributed by atoms with E-state index in [4.69, 9.17) is 4.74 Å².